The first-order chi connectivity index (χ1) is 7.30. The van der Waals surface area contributed by atoms with Crippen LogP contribution in [0.15, 0.2) is 24.3 Å². The summed E-state index contributed by atoms with van der Waals surface area (Å²) in [6.07, 6.45) is -4.05. The summed E-state index contributed by atoms with van der Waals surface area (Å²) in [6.45, 7) is 1.44. The molecule has 0 bridgehead atoms. The van der Waals surface area contributed by atoms with Crippen LogP contribution in [-0.2, 0) is 11.0 Å². The summed E-state index contributed by atoms with van der Waals surface area (Å²) in [6, 6.07) is 4.80. The molecular formula is C11H10BrF3O. The molecule has 0 heterocycles. The van der Waals surface area contributed by atoms with Gasteiger partial charge >= 0.3 is 6.18 Å². The lowest BCUT2D eigenvalue weighted by molar-refractivity contribution is -0.137. The number of benzene rings is 1. The monoisotopic (exact) mass is 294 g/mol. The first kappa shape index (κ1) is 13.2. The molecule has 0 fully saturated rings. The minimum Gasteiger partial charge on any atom is -0.300 e. The highest BCUT2D eigenvalue weighted by molar-refractivity contribution is 9.09. The smallest absolute Gasteiger partial charge is 0.300 e. The molecule has 88 valence electrons. The Balaban J connectivity index is 2.83. The number of ketones is 1. The van der Waals surface area contributed by atoms with Crippen LogP contribution in [0, 0.1) is 0 Å². The quantitative estimate of drug-likeness (QED) is 0.767. The molecule has 0 aliphatic heterocycles. The van der Waals surface area contributed by atoms with E-state index in [0.717, 1.165) is 12.1 Å². The standard InChI is InChI=1S/C11H10BrF3O/c1-7(16)6-10(12)8-2-4-9(5-3-8)11(13,14)15/h2-5,10H,6H2,1H3. The van der Waals surface area contributed by atoms with Crippen LogP contribution in [0.1, 0.15) is 29.3 Å². The largest absolute Gasteiger partial charge is 0.416 e. The fourth-order valence-corrected chi connectivity index (χ4v) is 2.01. The summed E-state index contributed by atoms with van der Waals surface area (Å²) in [5.41, 5.74) is -0.0121. The Bertz CT molecular complexity index is 370. The zero-order valence-electron chi connectivity index (χ0n) is 8.51. The van der Waals surface area contributed by atoms with Crippen molar-refractivity contribution in [2.24, 2.45) is 0 Å². The molecule has 16 heavy (non-hydrogen) atoms. The molecule has 0 saturated heterocycles. The van der Waals surface area contributed by atoms with Crippen LogP contribution in [0.5, 0.6) is 0 Å². The average molecular weight is 295 g/mol. The molecule has 0 aromatic heterocycles. The van der Waals surface area contributed by atoms with E-state index in [4.69, 9.17) is 0 Å². The molecule has 1 aromatic carbocycles. The molecular weight excluding hydrogens is 285 g/mol. The van der Waals surface area contributed by atoms with Crippen molar-refractivity contribution < 1.29 is 18.0 Å². The van der Waals surface area contributed by atoms with Crippen molar-refractivity contribution in [3.8, 4) is 0 Å². The van der Waals surface area contributed by atoms with E-state index in [-0.39, 0.29) is 17.0 Å². The Morgan fingerprint density at radius 1 is 1.31 bits per heavy atom. The van der Waals surface area contributed by atoms with E-state index in [2.05, 4.69) is 15.9 Å². The van der Waals surface area contributed by atoms with Crippen molar-refractivity contribution in [2.45, 2.75) is 24.3 Å². The summed E-state index contributed by atoms with van der Waals surface area (Å²) in [4.78, 5) is 10.6. The number of halogens is 4. The second-order valence-corrected chi connectivity index (χ2v) is 4.60. The lowest BCUT2D eigenvalue weighted by Crippen LogP contribution is -2.05. The molecule has 1 unspecified atom stereocenters. The zero-order valence-corrected chi connectivity index (χ0v) is 10.1. The highest BCUT2D eigenvalue weighted by atomic mass is 79.9. The van der Waals surface area contributed by atoms with E-state index in [1.165, 1.54) is 19.1 Å². The Morgan fingerprint density at radius 2 is 1.81 bits per heavy atom. The molecule has 1 atom stereocenters. The Labute approximate surface area is 99.8 Å². The van der Waals surface area contributed by atoms with Crippen molar-refractivity contribution in [1.82, 2.24) is 0 Å². The maximum atomic E-state index is 12.3. The van der Waals surface area contributed by atoms with Crippen LogP contribution in [0.4, 0.5) is 13.2 Å². The van der Waals surface area contributed by atoms with Gasteiger partial charge in [0.25, 0.3) is 0 Å². The molecule has 1 rings (SSSR count). The number of Topliss-reactive ketones (excluding diaryl/α,β-unsaturated/α-hetero) is 1. The number of carbonyl (C=O) groups excluding carboxylic acids is 1. The van der Waals surface area contributed by atoms with Crippen molar-refractivity contribution in [3.05, 3.63) is 35.4 Å². The van der Waals surface area contributed by atoms with Crippen LogP contribution >= 0.6 is 15.9 Å². The van der Waals surface area contributed by atoms with Crippen LogP contribution in [0.25, 0.3) is 0 Å². The zero-order chi connectivity index (χ0) is 12.3. The molecule has 0 amide bonds. The number of hydrogen-bond acceptors (Lipinski definition) is 1. The summed E-state index contributed by atoms with van der Waals surface area (Å²) in [7, 11) is 0. The normalized spacial score (nSPS) is 13.6. The predicted molar refractivity (Wildman–Crippen MR) is 58.4 cm³/mol. The van der Waals surface area contributed by atoms with Gasteiger partial charge < -0.3 is 0 Å². The van der Waals surface area contributed by atoms with Crippen LogP contribution in [0.3, 0.4) is 0 Å². The third-order valence-electron chi connectivity index (χ3n) is 2.07. The minimum atomic E-state index is -4.32. The van der Waals surface area contributed by atoms with E-state index in [1.807, 2.05) is 0 Å². The maximum Gasteiger partial charge on any atom is 0.416 e. The fourth-order valence-electron chi connectivity index (χ4n) is 1.25. The van der Waals surface area contributed by atoms with Gasteiger partial charge in [-0.15, -0.1) is 0 Å². The second-order valence-electron chi connectivity index (χ2n) is 3.49. The Morgan fingerprint density at radius 3 is 2.19 bits per heavy atom. The van der Waals surface area contributed by atoms with Gasteiger partial charge in [0.2, 0.25) is 0 Å². The van der Waals surface area contributed by atoms with Crippen molar-refractivity contribution >= 4 is 21.7 Å². The van der Waals surface area contributed by atoms with Gasteiger partial charge in [0.15, 0.2) is 0 Å². The SMILES string of the molecule is CC(=O)CC(Br)c1ccc(C(F)(F)F)cc1. The van der Waals surface area contributed by atoms with Crippen molar-refractivity contribution in [1.29, 1.82) is 0 Å². The number of hydrogen-bond donors (Lipinski definition) is 0. The fraction of sp³-hybridized carbons (Fsp3) is 0.364. The third-order valence-corrected chi connectivity index (χ3v) is 2.92. The van der Waals surface area contributed by atoms with Crippen molar-refractivity contribution in [3.63, 3.8) is 0 Å². The van der Waals surface area contributed by atoms with E-state index in [1.54, 1.807) is 0 Å². The van der Waals surface area contributed by atoms with Crippen LogP contribution in [0.2, 0.25) is 0 Å². The molecule has 0 N–H and O–H groups in total. The molecule has 0 spiro atoms. The maximum absolute atomic E-state index is 12.3. The molecule has 0 aliphatic carbocycles. The number of carbonyl (C=O) groups is 1. The summed E-state index contributed by atoms with van der Waals surface area (Å²) in [5, 5.41) is 0. The second kappa shape index (κ2) is 4.99. The van der Waals surface area contributed by atoms with E-state index < -0.39 is 11.7 Å². The van der Waals surface area contributed by atoms with Gasteiger partial charge in [-0.25, -0.2) is 0 Å². The number of rotatable bonds is 3. The van der Waals surface area contributed by atoms with Crippen molar-refractivity contribution in [2.75, 3.05) is 0 Å². The molecule has 1 nitrogen and oxygen atoms in total. The van der Waals surface area contributed by atoms with Crippen LogP contribution in [-0.4, -0.2) is 5.78 Å². The van der Waals surface area contributed by atoms with E-state index in [0.29, 0.717) is 5.56 Å². The van der Waals surface area contributed by atoms with Gasteiger partial charge in [-0.05, 0) is 24.6 Å². The summed E-state index contributed by atoms with van der Waals surface area (Å²) < 4.78 is 36.8. The average Bonchev–Trinajstić information content (AvgIpc) is 2.15. The van der Waals surface area contributed by atoms with Gasteiger partial charge in [-0.2, -0.15) is 13.2 Å². The topological polar surface area (TPSA) is 17.1 Å². The predicted octanol–water partition coefficient (Wildman–Crippen LogP) is 4.12. The first-order valence-electron chi connectivity index (χ1n) is 4.61. The van der Waals surface area contributed by atoms with Gasteiger partial charge in [-0.1, -0.05) is 28.1 Å². The van der Waals surface area contributed by atoms with Gasteiger partial charge in [0.1, 0.15) is 5.78 Å². The van der Waals surface area contributed by atoms with Crippen LogP contribution < -0.4 is 0 Å². The first-order valence-corrected chi connectivity index (χ1v) is 5.53. The van der Waals surface area contributed by atoms with Gasteiger partial charge in [-0.3, -0.25) is 4.79 Å². The van der Waals surface area contributed by atoms with Gasteiger partial charge in [0, 0.05) is 11.2 Å². The molecule has 0 radical (unpaired) electrons. The lowest BCUT2D eigenvalue weighted by Gasteiger charge is -2.10. The number of alkyl halides is 4. The Hall–Kier alpha value is -0.840. The highest BCUT2D eigenvalue weighted by Crippen LogP contribution is 2.32. The highest BCUT2D eigenvalue weighted by Gasteiger charge is 2.30. The summed E-state index contributed by atoms with van der Waals surface area (Å²) in [5.74, 6) is -0.0122. The lowest BCUT2D eigenvalue weighted by atomic mass is 10.1. The third kappa shape index (κ3) is 3.63. The molecule has 0 aliphatic rings. The van der Waals surface area contributed by atoms with E-state index in [9.17, 15) is 18.0 Å². The molecule has 1 aromatic rings. The Kier molecular flexibility index (Phi) is 4.13. The minimum absolute atomic E-state index is 0.0122. The molecule has 5 heteroatoms. The van der Waals surface area contributed by atoms with Gasteiger partial charge in [0.05, 0.1) is 5.56 Å². The molecule has 0 saturated carbocycles. The van der Waals surface area contributed by atoms with E-state index >= 15 is 0 Å². The summed E-state index contributed by atoms with van der Waals surface area (Å²) >= 11 is 3.26.